The maximum absolute atomic E-state index is 14.3. The number of aliphatic carboxylic acids is 1. The molecule has 5 rings (SSSR count). The molecule has 2 aromatic carbocycles. The van der Waals surface area contributed by atoms with E-state index in [-0.39, 0.29) is 24.2 Å². The van der Waals surface area contributed by atoms with E-state index in [0.29, 0.717) is 41.5 Å². The minimum Gasteiger partial charge on any atom is -0.475 e. The highest BCUT2D eigenvalue weighted by molar-refractivity contribution is 6.33. The first-order valence-corrected chi connectivity index (χ1v) is 17.2. The number of hydrogen-bond donors (Lipinski definition) is 4. The first kappa shape index (κ1) is 41.2. The fourth-order valence-electron chi connectivity index (χ4n) is 5.82. The van der Waals surface area contributed by atoms with Crippen LogP contribution in [0.5, 0.6) is 0 Å². The van der Waals surface area contributed by atoms with Gasteiger partial charge in [-0.25, -0.2) is 9.59 Å². The van der Waals surface area contributed by atoms with Crippen LogP contribution in [0.15, 0.2) is 67.0 Å². The Hall–Kier alpha value is -5.58. The molecule has 54 heavy (non-hydrogen) atoms. The van der Waals surface area contributed by atoms with Crippen molar-refractivity contribution in [2.24, 2.45) is 17.6 Å². The molecule has 14 nitrogen and oxygen atoms in total. The number of carbonyl (C=O) groups is 4. The summed E-state index contributed by atoms with van der Waals surface area (Å²) in [6.45, 7) is 5.93. The van der Waals surface area contributed by atoms with Crippen molar-refractivity contribution in [3.63, 3.8) is 0 Å². The number of anilines is 1. The SMILES string of the molecule is CC(C)(C)OC(=O)NCC1CCC(C(=O)N(c2ccc(-c3nn[nH]n3)cc2)[C@@H](Cc2ccc(-c3cnccc3Cl)cc2)C(N)=O)CC1.O=C(O)C(F)(F)F. The van der Waals surface area contributed by atoms with E-state index >= 15 is 0 Å². The quantitative estimate of drug-likeness (QED) is 0.148. The molecule has 0 radical (unpaired) electrons. The Kier molecular flexibility index (Phi) is 13.7. The van der Waals surface area contributed by atoms with Crippen molar-refractivity contribution in [3.8, 4) is 22.5 Å². The monoisotopic (exact) mass is 772 g/mol. The summed E-state index contributed by atoms with van der Waals surface area (Å²) < 4.78 is 37.1. The number of carboxylic acid groups (broad SMARTS) is 1. The second-order valence-corrected chi connectivity index (χ2v) is 14.0. The van der Waals surface area contributed by atoms with Crippen molar-refractivity contribution in [1.82, 2.24) is 30.9 Å². The lowest BCUT2D eigenvalue weighted by Crippen LogP contribution is -2.52. The van der Waals surface area contributed by atoms with Crippen LogP contribution in [0.25, 0.3) is 22.5 Å². The van der Waals surface area contributed by atoms with E-state index in [1.54, 1.807) is 42.7 Å². The fourth-order valence-corrected chi connectivity index (χ4v) is 6.03. The number of carbonyl (C=O) groups excluding carboxylic acids is 3. The van der Waals surface area contributed by atoms with Gasteiger partial charge in [-0.3, -0.25) is 19.5 Å². The third-order valence-electron chi connectivity index (χ3n) is 8.46. The van der Waals surface area contributed by atoms with E-state index in [0.717, 1.165) is 29.5 Å². The highest BCUT2D eigenvalue weighted by atomic mass is 35.5. The molecule has 0 spiro atoms. The zero-order valence-electron chi connectivity index (χ0n) is 29.6. The number of nitrogens with zero attached hydrogens (tertiary/aromatic N) is 5. The largest absolute Gasteiger partial charge is 0.490 e. The summed E-state index contributed by atoms with van der Waals surface area (Å²) in [6, 6.07) is 15.5. The second kappa shape index (κ2) is 18.0. The number of ether oxygens (including phenoxy) is 1. The van der Waals surface area contributed by atoms with Crippen molar-refractivity contribution in [2.75, 3.05) is 11.4 Å². The van der Waals surface area contributed by atoms with Crippen molar-refractivity contribution in [2.45, 2.75) is 70.7 Å². The van der Waals surface area contributed by atoms with E-state index in [2.05, 4.69) is 30.9 Å². The van der Waals surface area contributed by atoms with Gasteiger partial charge < -0.3 is 20.9 Å². The fraction of sp³-hybridized carbons (Fsp3) is 0.389. The third-order valence-corrected chi connectivity index (χ3v) is 8.79. The zero-order valence-corrected chi connectivity index (χ0v) is 30.4. The molecule has 1 fully saturated rings. The molecule has 18 heteroatoms. The lowest BCUT2D eigenvalue weighted by molar-refractivity contribution is -0.192. The first-order chi connectivity index (χ1) is 25.4. The van der Waals surface area contributed by atoms with Gasteiger partial charge in [0.2, 0.25) is 17.6 Å². The average Bonchev–Trinajstić information content (AvgIpc) is 3.66. The van der Waals surface area contributed by atoms with E-state index in [4.69, 9.17) is 32.0 Å². The summed E-state index contributed by atoms with van der Waals surface area (Å²) >= 11 is 6.37. The molecule has 1 aliphatic carbocycles. The van der Waals surface area contributed by atoms with Gasteiger partial charge in [0.15, 0.2) is 0 Å². The summed E-state index contributed by atoms with van der Waals surface area (Å²) in [4.78, 5) is 54.2. The van der Waals surface area contributed by atoms with Gasteiger partial charge >= 0.3 is 18.2 Å². The normalized spacial score (nSPS) is 16.3. The number of halogens is 4. The third kappa shape index (κ3) is 11.7. The van der Waals surface area contributed by atoms with Gasteiger partial charge in [-0.2, -0.15) is 18.4 Å². The number of hydrogen-bond acceptors (Lipinski definition) is 9. The maximum Gasteiger partial charge on any atom is 0.490 e. The lowest BCUT2D eigenvalue weighted by atomic mass is 9.81. The molecule has 4 aromatic rings. The standard InChI is InChI=1S/C34H39ClN8O4.C2HF3O2/c1-34(2,3)47-33(46)38-19-22-6-10-25(11-7-22)32(45)43(26-14-12-24(13-15-26)31-39-41-42-40-31)29(30(36)44)18-21-4-8-23(9-5-21)27-20-37-17-16-28(27)35;3-2(4,5)1(6)7/h4-5,8-9,12-17,20,22,25,29H,6-7,10-11,18-19H2,1-3H3,(H2,36,44)(H,38,46)(H,39,40,41,42);(H,6,7)/t22?,25?,29-;/m0./s1. The Bertz CT molecular complexity index is 1880. The number of benzene rings is 2. The summed E-state index contributed by atoms with van der Waals surface area (Å²) in [6.07, 6.45) is 0.727. The molecule has 1 atom stereocenters. The van der Waals surface area contributed by atoms with Crippen molar-refractivity contribution in [1.29, 1.82) is 0 Å². The molecule has 0 saturated heterocycles. The second-order valence-electron chi connectivity index (χ2n) is 13.6. The Balaban J connectivity index is 0.000000845. The number of alkyl carbamates (subject to hydrolysis) is 1. The highest BCUT2D eigenvalue weighted by Crippen LogP contribution is 2.34. The van der Waals surface area contributed by atoms with Crippen LogP contribution in [0, 0.1) is 11.8 Å². The van der Waals surface area contributed by atoms with Crippen LogP contribution in [0.4, 0.5) is 23.7 Å². The summed E-state index contributed by atoms with van der Waals surface area (Å²) in [5.41, 5.74) is 9.20. The van der Waals surface area contributed by atoms with Crippen LogP contribution in [-0.4, -0.2) is 79.0 Å². The van der Waals surface area contributed by atoms with Gasteiger partial charge in [0, 0.05) is 48.1 Å². The number of H-pyrrole nitrogens is 1. The average molecular weight is 773 g/mol. The van der Waals surface area contributed by atoms with Gasteiger partial charge in [0.25, 0.3) is 0 Å². The van der Waals surface area contributed by atoms with Crippen LogP contribution >= 0.6 is 11.6 Å². The van der Waals surface area contributed by atoms with E-state index in [9.17, 15) is 27.6 Å². The molecule has 0 aliphatic heterocycles. The summed E-state index contributed by atoms with van der Waals surface area (Å²) in [5, 5.41) is 24.7. The number of pyridine rings is 1. The van der Waals surface area contributed by atoms with Gasteiger partial charge in [0.1, 0.15) is 11.6 Å². The molecule has 5 N–H and O–H groups in total. The molecular formula is C36H40ClF3N8O6. The molecule has 288 valence electrons. The predicted octanol–water partition coefficient (Wildman–Crippen LogP) is 5.98. The number of tetrazole rings is 1. The van der Waals surface area contributed by atoms with Crippen molar-refractivity contribution in [3.05, 3.63) is 77.6 Å². The van der Waals surface area contributed by atoms with Gasteiger partial charge in [0.05, 0.1) is 5.02 Å². The Morgan fingerprint density at radius 2 is 1.61 bits per heavy atom. The van der Waals surface area contributed by atoms with Crippen LogP contribution < -0.4 is 16.0 Å². The molecular weight excluding hydrogens is 733 g/mol. The van der Waals surface area contributed by atoms with Crippen LogP contribution in [0.1, 0.15) is 52.0 Å². The van der Waals surface area contributed by atoms with Crippen molar-refractivity contribution >= 4 is 41.2 Å². The summed E-state index contributed by atoms with van der Waals surface area (Å²) in [7, 11) is 0. The summed E-state index contributed by atoms with van der Waals surface area (Å²) in [5.74, 6) is -3.23. The van der Waals surface area contributed by atoms with Crippen molar-refractivity contribution < 1.29 is 42.2 Å². The minimum absolute atomic E-state index is 0.168. The smallest absolute Gasteiger partial charge is 0.475 e. The molecule has 2 aromatic heterocycles. The van der Waals surface area contributed by atoms with E-state index in [1.807, 2.05) is 45.0 Å². The number of alkyl halides is 3. The number of aromatic nitrogens is 5. The number of amides is 3. The molecule has 0 bridgehead atoms. The molecule has 0 unspecified atom stereocenters. The Morgan fingerprint density at radius 3 is 2.13 bits per heavy atom. The zero-order chi connectivity index (χ0) is 39.6. The maximum atomic E-state index is 14.3. The Labute approximate surface area is 313 Å². The number of rotatable bonds is 10. The molecule has 3 amide bonds. The minimum atomic E-state index is -5.08. The van der Waals surface area contributed by atoms with E-state index in [1.165, 1.54) is 4.90 Å². The molecule has 1 saturated carbocycles. The topological polar surface area (TPSA) is 206 Å². The number of nitrogens with two attached hydrogens (primary N) is 1. The van der Waals surface area contributed by atoms with Gasteiger partial charge in [-0.1, -0.05) is 35.9 Å². The first-order valence-electron chi connectivity index (χ1n) is 16.8. The van der Waals surface area contributed by atoms with Crippen LogP contribution in [0.3, 0.4) is 0 Å². The predicted molar refractivity (Wildman–Crippen MR) is 192 cm³/mol. The Morgan fingerprint density at radius 1 is 1.00 bits per heavy atom. The lowest BCUT2D eigenvalue weighted by Gasteiger charge is -2.36. The van der Waals surface area contributed by atoms with Gasteiger partial charge in [-0.05, 0) is 99.0 Å². The number of carboxylic acids is 1. The number of nitrogens with one attached hydrogen (secondary N) is 2. The van der Waals surface area contributed by atoms with Gasteiger partial charge in [-0.15, -0.1) is 10.2 Å². The number of aromatic amines is 1. The van der Waals surface area contributed by atoms with Crippen LogP contribution in [0.2, 0.25) is 5.02 Å². The van der Waals surface area contributed by atoms with E-state index < -0.39 is 35.8 Å². The highest BCUT2D eigenvalue weighted by Gasteiger charge is 2.38. The molecule has 2 heterocycles. The van der Waals surface area contributed by atoms with Crippen LogP contribution in [-0.2, 0) is 25.5 Å². The number of primary amides is 1. The molecule has 1 aliphatic rings.